The Morgan fingerprint density at radius 1 is 1.37 bits per heavy atom. The fourth-order valence-electron chi connectivity index (χ4n) is 1.04. The van der Waals surface area contributed by atoms with Crippen LogP contribution in [0.3, 0.4) is 0 Å². The lowest BCUT2D eigenvalue weighted by Crippen LogP contribution is -2.18. The van der Waals surface area contributed by atoms with Gasteiger partial charge in [0.2, 0.25) is 11.7 Å². The summed E-state index contributed by atoms with van der Waals surface area (Å²) in [6.07, 6.45) is -8.35. The van der Waals surface area contributed by atoms with Crippen molar-refractivity contribution >= 4 is 5.78 Å². The Hall–Kier alpha value is -1.58. The van der Waals surface area contributed by atoms with Gasteiger partial charge in [0.25, 0.3) is 6.43 Å². The lowest BCUT2D eigenvalue weighted by Gasteiger charge is -2.05. The molecular formula is C9H9F5N2O3. The van der Waals surface area contributed by atoms with Crippen LogP contribution in [0.4, 0.5) is 22.0 Å². The van der Waals surface area contributed by atoms with Crippen molar-refractivity contribution in [3.63, 3.8) is 0 Å². The summed E-state index contributed by atoms with van der Waals surface area (Å²) >= 11 is 0. The van der Waals surface area contributed by atoms with Gasteiger partial charge in [-0.2, -0.15) is 18.2 Å². The summed E-state index contributed by atoms with van der Waals surface area (Å²) in [6, 6.07) is 0. The highest BCUT2D eigenvalue weighted by atomic mass is 19.4. The van der Waals surface area contributed by atoms with E-state index in [2.05, 4.69) is 19.4 Å². The number of alkyl halides is 5. The molecule has 0 aliphatic carbocycles. The van der Waals surface area contributed by atoms with Crippen LogP contribution in [0, 0.1) is 0 Å². The highest BCUT2D eigenvalue weighted by molar-refractivity contribution is 5.82. The fraction of sp³-hybridized carbons (Fsp3) is 0.667. The second kappa shape index (κ2) is 6.55. The van der Waals surface area contributed by atoms with E-state index in [1.807, 2.05) is 0 Å². The minimum Gasteiger partial charge on any atom is -0.372 e. The van der Waals surface area contributed by atoms with Gasteiger partial charge in [-0.3, -0.25) is 4.79 Å². The van der Waals surface area contributed by atoms with Crippen molar-refractivity contribution in [2.45, 2.75) is 25.4 Å². The number of hydrogen-bond donors (Lipinski definition) is 0. The van der Waals surface area contributed by atoms with Gasteiger partial charge in [0, 0.05) is 6.42 Å². The second-order valence-corrected chi connectivity index (χ2v) is 3.47. The molecule has 0 aliphatic heterocycles. The average molecular weight is 288 g/mol. The molecule has 0 radical (unpaired) electrons. The zero-order valence-corrected chi connectivity index (χ0v) is 9.41. The smallest absolute Gasteiger partial charge is 0.372 e. The molecule has 0 aliphatic rings. The predicted molar refractivity (Wildman–Crippen MR) is 49.6 cm³/mol. The van der Waals surface area contributed by atoms with E-state index in [1.54, 1.807) is 0 Å². The summed E-state index contributed by atoms with van der Waals surface area (Å²) in [4.78, 5) is 14.2. The average Bonchev–Trinajstić information content (AvgIpc) is 2.71. The first-order chi connectivity index (χ1) is 8.78. The standard InChI is InChI=1S/C9H9F5N2O3/c10-8(11)5(17)3-7-15-6(16-19-7)1-2-18-4-9(12,13)14/h8H,1-4H2. The summed E-state index contributed by atoms with van der Waals surface area (Å²) in [6.45, 7) is -1.71. The molecule has 0 saturated heterocycles. The highest BCUT2D eigenvalue weighted by Crippen LogP contribution is 2.14. The summed E-state index contributed by atoms with van der Waals surface area (Å²) in [5, 5.41) is 3.32. The number of ketones is 1. The van der Waals surface area contributed by atoms with Gasteiger partial charge in [-0.15, -0.1) is 0 Å². The van der Waals surface area contributed by atoms with Gasteiger partial charge < -0.3 is 9.26 Å². The summed E-state index contributed by atoms with van der Waals surface area (Å²) in [5.74, 6) is -1.70. The molecular weight excluding hydrogens is 279 g/mol. The molecule has 1 aromatic heterocycles. The van der Waals surface area contributed by atoms with Crippen molar-refractivity contribution in [1.29, 1.82) is 0 Å². The van der Waals surface area contributed by atoms with Gasteiger partial charge in [0.1, 0.15) is 6.61 Å². The van der Waals surface area contributed by atoms with E-state index in [-0.39, 0.29) is 24.7 Å². The molecule has 1 aromatic rings. The molecule has 0 N–H and O–H groups in total. The number of halogens is 5. The zero-order valence-electron chi connectivity index (χ0n) is 9.41. The maximum Gasteiger partial charge on any atom is 0.411 e. The minimum absolute atomic E-state index is 0.0146. The van der Waals surface area contributed by atoms with Gasteiger partial charge in [0.15, 0.2) is 5.82 Å². The first kappa shape index (κ1) is 15.5. The van der Waals surface area contributed by atoms with Crippen molar-refractivity contribution in [3.8, 4) is 0 Å². The van der Waals surface area contributed by atoms with Crippen LogP contribution in [0.2, 0.25) is 0 Å². The Morgan fingerprint density at radius 3 is 2.63 bits per heavy atom. The van der Waals surface area contributed by atoms with Gasteiger partial charge >= 0.3 is 6.18 Å². The third-order valence-electron chi connectivity index (χ3n) is 1.81. The van der Waals surface area contributed by atoms with Crippen LogP contribution in [-0.4, -0.2) is 41.7 Å². The lowest BCUT2D eigenvalue weighted by molar-refractivity contribution is -0.173. The molecule has 1 heterocycles. The van der Waals surface area contributed by atoms with Crippen LogP contribution in [0.1, 0.15) is 11.7 Å². The van der Waals surface area contributed by atoms with E-state index in [9.17, 15) is 26.7 Å². The monoisotopic (exact) mass is 288 g/mol. The number of hydrogen-bond acceptors (Lipinski definition) is 5. The third-order valence-corrected chi connectivity index (χ3v) is 1.81. The van der Waals surface area contributed by atoms with Crippen LogP contribution >= 0.6 is 0 Å². The molecule has 0 atom stereocenters. The van der Waals surface area contributed by atoms with E-state index >= 15 is 0 Å². The molecule has 10 heteroatoms. The Labute approximate surface area is 103 Å². The number of carbonyl (C=O) groups excluding carboxylic acids is 1. The molecule has 0 aromatic carbocycles. The third kappa shape index (κ3) is 6.22. The zero-order chi connectivity index (χ0) is 14.5. The van der Waals surface area contributed by atoms with Crippen LogP contribution in [0.15, 0.2) is 4.52 Å². The van der Waals surface area contributed by atoms with Crippen molar-refractivity contribution in [2.24, 2.45) is 0 Å². The number of nitrogens with zero attached hydrogens (tertiary/aromatic N) is 2. The minimum atomic E-state index is -4.42. The van der Waals surface area contributed by atoms with Crippen molar-refractivity contribution in [2.75, 3.05) is 13.2 Å². The molecule has 108 valence electrons. The first-order valence-electron chi connectivity index (χ1n) is 5.05. The van der Waals surface area contributed by atoms with E-state index in [0.717, 1.165) is 0 Å². The molecule has 0 fully saturated rings. The topological polar surface area (TPSA) is 65.2 Å². The Morgan fingerprint density at radius 2 is 2.05 bits per heavy atom. The lowest BCUT2D eigenvalue weighted by atomic mass is 10.3. The Bertz CT molecular complexity index is 418. The van der Waals surface area contributed by atoms with E-state index < -0.39 is 31.4 Å². The first-order valence-corrected chi connectivity index (χ1v) is 5.05. The number of carbonyl (C=O) groups is 1. The second-order valence-electron chi connectivity index (χ2n) is 3.47. The van der Waals surface area contributed by atoms with Crippen molar-refractivity contribution in [1.82, 2.24) is 10.1 Å². The summed E-state index contributed by atoms with van der Waals surface area (Å²) in [5.41, 5.74) is 0. The maximum absolute atomic E-state index is 11.9. The Kier molecular flexibility index (Phi) is 5.33. The van der Waals surface area contributed by atoms with Crippen molar-refractivity contribution in [3.05, 3.63) is 11.7 Å². The number of aromatic nitrogens is 2. The Balaban J connectivity index is 2.33. The SMILES string of the molecule is O=C(Cc1nc(CCOCC(F)(F)F)no1)C(F)F. The van der Waals surface area contributed by atoms with Crippen LogP contribution < -0.4 is 0 Å². The summed E-state index contributed by atoms with van der Waals surface area (Å²) in [7, 11) is 0. The molecule has 5 nitrogen and oxygen atoms in total. The number of Topliss-reactive ketones (excluding diaryl/α,β-unsaturated/α-hetero) is 1. The summed E-state index contributed by atoms with van der Waals surface area (Å²) < 4.78 is 67.8. The molecule has 0 unspecified atom stereocenters. The molecule has 0 bridgehead atoms. The molecule has 0 spiro atoms. The molecule has 19 heavy (non-hydrogen) atoms. The molecule has 1 rings (SSSR count). The van der Waals surface area contributed by atoms with Gasteiger partial charge in [-0.25, -0.2) is 8.78 Å². The van der Waals surface area contributed by atoms with Gasteiger partial charge in [-0.1, -0.05) is 5.16 Å². The number of ether oxygens (including phenoxy) is 1. The number of rotatable bonds is 7. The van der Waals surface area contributed by atoms with Crippen LogP contribution in [0.5, 0.6) is 0 Å². The van der Waals surface area contributed by atoms with Gasteiger partial charge in [0.05, 0.1) is 13.0 Å². The quantitative estimate of drug-likeness (QED) is 0.563. The maximum atomic E-state index is 11.9. The van der Waals surface area contributed by atoms with Crippen molar-refractivity contribution < 1.29 is 36.0 Å². The highest BCUT2D eigenvalue weighted by Gasteiger charge is 2.27. The predicted octanol–water partition coefficient (Wildman–Crippen LogP) is 1.57. The molecule has 0 amide bonds. The van der Waals surface area contributed by atoms with E-state index in [1.165, 1.54) is 0 Å². The van der Waals surface area contributed by atoms with Gasteiger partial charge in [-0.05, 0) is 0 Å². The fourth-order valence-corrected chi connectivity index (χ4v) is 1.04. The largest absolute Gasteiger partial charge is 0.411 e. The van der Waals surface area contributed by atoms with E-state index in [4.69, 9.17) is 0 Å². The molecule has 0 saturated carbocycles. The van der Waals surface area contributed by atoms with Crippen LogP contribution in [0.25, 0.3) is 0 Å². The normalized spacial score (nSPS) is 12.1. The van der Waals surface area contributed by atoms with Crippen LogP contribution in [-0.2, 0) is 22.4 Å². The van der Waals surface area contributed by atoms with E-state index in [0.29, 0.717) is 0 Å².